The van der Waals surface area contributed by atoms with Gasteiger partial charge < -0.3 is 19.9 Å². The Morgan fingerprint density at radius 2 is 1.51 bits per heavy atom. The highest BCUT2D eigenvalue weighted by molar-refractivity contribution is 6.30. The van der Waals surface area contributed by atoms with Gasteiger partial charge in [0.1, 0.15) is 11.4 Å². The summed E-state index contributed by atoms with van der Waals surface area (Å²) >= 11 is 5.92. The minimum Gasteiger partial charge on any atom is -0.545 e. The lowest BCUT2D eigenvalue weighted by Crippen LogP contribution is -3.13. The van der Waals surface area contributed by atoms with Crippen molar-refractivity contribution in [1.82, 2.24) is 0 Å². The van der Waals surface area contributed by atoms with Gasteiger partial charge in [0.15, 0.2) is 5.78 Å². The molecule has 1 saturated heterocycles. The van der Waals surface area contributed by atoms with Crippen LogP contribution in [0.15, 0.2) is 78.9 Å². The fourth-order valence-electron chi connectivity index (χ4n) is 4.17. The van der Waals surface area contributed by atoms with E-state index in [0.29, 0.717) is 29.8 Å². The first-order valence-corrected chi connectivity index (χ1v) is 12.0. The third-order valence-corrected chi connectivity index (χ3v) is 6.53. The number of hydrogen-bond acceptors (Lipinski definition) is 4. The molecule has 0 bridgehead atoms. The molecular weight excluding hydrogens is 469 g/mol. The first-order chi connectivity index (χ1) is 16.8. The van der Waals surface area contributed by atoms with Crippen LogP contribution in [-0.4, -0.2) is 36.5 Å². The second kappa shape index (κ2) is 12.6. The lowest BCUT2D eigenvalue weighted by Gasteiger charge is -2.36. The monoisotopic (exact) mass is 497 g/mol. The van der Waals surface area contributed by atoms with E-state index in [4.69, 9.17) is 11.6 Å². The van der Waals surface area contributed by atoms with Gasteiger partial charge in [-0.15, -0.1) is 0 Å². The van der Waals surface area contributed by atoms with E-state index in [2.05, 4.69) is 0 Å². The Morgan fingerprint density at radius 3 is 2.06 bits per heavy atom. The predicted molar refractivity (Wildman–Crippen MR) is 131 cm³/mol. The van der Waals surface area contributed by atoms with Gasteiger partial charge in [0, 0.05) is 36.3 Å². The lowest BCUT2D eigenvalue weighted by molar-refractivity contribution is -0.908. The van der Waals surface area contributed by atoms with Crippen molar-refractivity contribution < 1.29 is 29.1 Å². The molecule has 1 heterocycles. The van der Waals surface area contributed by atoms with Crippen LogP contribution >= 0.6 is 11.6 Å². The van der Waals surface area contributed by atoms with Crippen LogP contribution in [0.1, 0.15) is 52.0 Å². The zero-order chi connectivity index (χ0) is 25.3. The number of carbonyl (C=O) groups is 2. The van der Waals surface area contributed by atoms with Crippen LogP contribution in [0, 0.1) is 5.82 Å². The maximum absolute atomic E-state index is 12.9. The van der Waals surface area contributed by atoms with Crippen molar-refractivity contribution in [3.63, 3.8) is 0 Å². The van der Waals surface area contributed by atoms with Gasteiger partial charge in [-0.05, 0) is 47.5 Å². The minimum atomic E-state index is -1.13. The van der Waals surface area contributed by atoms with E-state index in [1.165, 1.54) is 41.3 Å². The van der Waals surface area contributed by atoms with Crippen molar-refractivity contribution in [3.05, 3.63) is 106 Å². The molecule has 0 spiro atoms. The van der Waals surface area contributed by atoms with Crippen molar-refractivity contribution in [3.8, 4) is 0 Å². The molecule has 0 amide bonds. The molecule has 5 nitrogen and oxygen atoms in total. The number of carboxylic acids is 1. The first-order valence-electron chi connectivity index (χ1n) is 11.6. The van der Waals surface area contributed by atoms with Gasteiger partial charge in [-0.1, -0.05) is 54.1 Å². The van der Waals surface area contributed by atoms with E-state index in [9.17, 15) is 24.2 Å². The van der Waals surface area contributed by atoms with Crippen LogP contribution in [0.25, 0.3) is 0 Å². The van der Waals surface area contributed by atoms with Crippen molar-refractivity contribution in [1.29, 1.82) is 0 Å². The number of halogens is 2. The summed E-state index contributed by atoms with van der Waals surface area (Å²) in [6.07, 6.45) is 2.67. The number of carboxylic acid groups (broad SMARTS) is 1. The molecule has 4 rings (SSSR count). The maximum Gasteiger partial charge on any atom is 0.163 e. The van der Waals surface area contributed by atoms with Gasteiger partial charge in [0.05, 0.1) is 25.6 Å². The van der Waals surface area contributed by atoms with E-state index >= 15 is 0 Å². The maximum atomic E-state index is 12.9. The predicted octanol–water partition coefficient (Wildman–Crippen LogP) is 3.06. The summed E-state index contributed by atoms with van der Waals surface area (Å²) in [4.78, 5) is 23.6. The molecule has 0 radical (unpaired) electrons. The second-order valence-corrected chi connectivity index (χ2v) is 9.16. The standard InChI is InChI=1S/C21H23ClFNO2.C7H6O2/c22-18-7-5-17(6-8-18)21(26)11-14-24(15-12-21)13-1-2-20(25)16-3-9-19(23)10-4-16;8-7(9)6-4-2-1-3-5-6/h3-10,26H,1-2,11-15H2;1-5H,(H,8,9). The summed E-state index contributed by atoms with van der Waals surface area (Å²) in [6.45, 7) is 2.66. The molecule has 1 fully saturated rings. The van der Waals surface area contributed by atoms with E-state index in [0.717, 1.165) is 31.6 Å². The third kappa shape index (κ3) is 7.99. The number of aromatic carboxylic acids is 1. The van der Waals surface area contributed by atoms with Gasteiger partial charge in [0.25, 0.3) is 0 Å². The molecule has 0 aliphatic carbocycles. The number of nitrogens with one attached hydrogen (secondary N) is 1. The van der Waals surface area contributed by atoms with E-state index < -0.39 is 11.6 Å². The van der Waals surface area contributed by atoms with Gasteiger partial charge in [-0.2, -0.15) is 0 Å². The first kappa shape index (κ1) is 26.5. The fraction of sp³-hybridized carbons (Fsp3) is 0.286. The number of ketones is 1. The summed E-state index contributed by atoms with van der Waals surface area (Å²) in [6, 6.07) is 21.2. The van der Waals surface area contributed by atoms with Crippen LogP contribution in [0.3, 0.4) is 0 Å². The molecule has 0 unspecified atom stereocenters. The number of likely N-dealkylation sites (tertiary alicyclic amines) is 1. The topological polar surface area (TPSA) is 81.9 Å². The van der Waals surface area contributed by atoms with Gasteiger partial charge in [-0.3, -0.25) is 4.79 Å². The van der Waals surface area contributed by atoms with E-state index in [-0.39, 0.29) is 17.2 Å². The Kier molecular flexibility index (Phi) is 9.55. The second-order valence-electron chi connectivity index (χ2n) is 8.73. The molecule has 0 aromatic heterocycles. The Labute approximate surface area is 209 Å². The van der Waals surface area contributed by atoms with Crippen molar-refractivity contribution in [2.24, 2.45) is 0 Å². The quantitative estimate of drug-likeness (QED) is 0.492. The zero-order valence-electron chi connectivity index (χ0n) is 19.4. The number of benzene rings is 3. The largest absolute Gasteiger partial charge is 0.545 e. The van der Waals surface area contributed by atoms with Crippen LogP contribution in [0.5, 0.6) is 0 Å². The van der Waals surface area contributed by atoms with Crippen molar-refractivity contribution in [2.45, 2.75) is 31.3 Å². The average molecular weight is 498 g/mol. The number of carbonyl (C=O) groups excluding carboxylic acids is 2. The SMILES string of the molecule is O=C(CCC[NH+]1CCC(O)(c2ccc(Cl)cc2)CC1)c1ccc(F)cc1.O=C([O-])c1ccccc1. The molecule has 7 heteroatoms. The number of hydrogen-bond donors (Lipinski definition) is 2. The van der Waals surface area contributed by atoms with Crippen molar-refractivity contribution in [2.75, 3.05) is 19.6 Å². The number of quaternary nitrogens is 1. The highest BCUT2D eigenvalue weighted by atomic mass is 35.5. The van der Waals surface area contributed by atoms with Crippen LogP contribution < -0.4 is 10.0 Å². The molecule has 3 aromatic rings. The molecule has 0 saturated carbocycles. The zero-order valence-corrected chi connectivity index (χ0v) is 20.1. The Hall–Kier alpha value is -3.06. The van der Waals surface area contributed by atoms with E-state index in [1.54, 1.807) is 18.2 Å². The van der Waals surface area contributed by atoms with Gasteiger partial charge in [0.2, 0.25) is 0 Å². The highest BCUT2D eigenvalue weighted by Gasteiger charge is 2.35. The fourth-order valence-corrected chi connectivity index (χ4v) is 4.30. The van der Waals surface area contributed by atoms with Crippen LogP contribution in [0.4, 0.5) is 4.39 Å². The third-order valence-electron chi connectivity index (χ3n) is 6.28. The number of Topliss-reactive ketones (excluding diaryl/α,β-unsaturated/α-hetero) is 1. The number of aliphatic hydroxyl groups is 1. The molecule has 3 aromatic carbocycles. The van der Waals surface area contributed by atoms with Crippen LogP contribution in [0.2, 0.25) is 5.02 Å². The average Bonchev–Trinajstić information content (AvgIpc) is 2.87. The van der Waals surface area contributed by atoms with E-state index in [1.807, 2.05) is 24.3 Å². The number of piperidine rings is 1. The summed E-state index contributed by atoms with van der Waals surface area (Å²) in [5, 5.41) is 21.7. The van der Waals surface area contributed by atoms with Gasteiger partial charge >= 0.3 is 0 Å². The smallest absolute Gasteiger partial charge is 0.163 e. The lowest BCUT2D eigenvalue weighted by atomic mass is 9.84. The molecule has 35 heavy (non-hydrogen) atoms. The summed E-state index contributed by atoms with van der Waals surface area (Å²) in [5.74, 6) is -1.40. The normalized spacial score (nSPS) is 19.3. The van der Waals surface area contributed by atoms with Crippen LogP contribution in [-0.2, 0) is 5.60 Å². The Bertz CT molecular complexity index is 1100. The molecule has 1 aliphatic heterocycles. The Morgan fingerprint density at radius 1 is 0.914 bits per heavy atom. The Balaban J connectivity index is 0.000000320. The summed E-state index contributed by atoms with van der Waals surface area (Å²) in [5.41, 5.74) is 0.931. The summed E-state index contributed by atoms with van der Waals surface area (Å²) < 4.78 is 12.9. The molecule has 0 atom stereocenters. The molecule has 184 valence electrons. The number of rotatable bonds is 7. The molecule has 2 N–H and O–H groups in total. The minimum absolute atomic E-state index is 0.0547. The highest BCUT2D eigenvalue weighted by Crippen LogP contribution is 2.30. The summed E-state index contributed by atoms with van der Waals surface area (Å²) in [7, 11) is 0. The van der Waals surface area contributed by atoms with Gasteiger partial charge in [-0.25, -0.2) is 4.39 Å². The van der Waals surface area contributed by atoms with Crippen molar-refractivity contribution >= 4 is 23.4 Å². The molecule has 1 aliphatic rings. The molecular formula is C28H29ClFNO4.